The van der Waals surface area contributed by atoms with E-state index in [-0.39, 0.29) is 29.7 Å². The molecule has 1 heterocycles. The Morgan fingerprint density at radius 2 is 1.81 bits per heavy atom. The van der Waals surface area contributed by atoms with Gasteiger partial charge in [0.1, 0.15) is 0 Å². The van der Waals surface area contributed by atoms with Gasteiger partial charge in [-0.1, -0.05) is 61.5 Å². The first-order chi connectivity index (χ1) is 15.4. The van der Waals surface area contributed by atoms with Crippen molar-refractivity contribution in [3.8, 4) is 5.75 Å². The molecule has 5 nitrogen and oxygen atoms in total. The van der Waals surface area contributed by atoms with Gasteiger partial charge in [0.2, 0.25) is 0 Å². The maximum absolute atomic E-state index is 14.1. The molecule has 0 aromatic heterocycles. The molecule has 2 atom stereocenters. The van der Waals surface area contributed by atoms with E-state index < -0.39 is 27.8 Å². The van der Waals surface area contributed by atoms with Crippen LogP contribution >= 0.6 is 0 Å². The number of fused-ring (bicyclic) bond motifs is 1. The summed E-state index contributed by atoms with van der Waals surface area (Å²) < 4.78 is 44.3. The minimum Gasteiger partial charge on any atom is -0.478 e. The van der Waals surface area contributed by atoms with Gasteiger partial charge in [-0.25, -0.2) is 12.8 Å². The third-order valence-corrected chi connectivity index (χ3v) is 7.66. The Bertz CT molecular complexity index is 1220. The van der Waals surface area contributed by atoms with Crippen molar-refractivity contribution < 1.29 is 22.3 Å². The summed E-state index contributed by atoms with van der Waals surface area (Å²) in [6, 6.07) is 19.3. The minimum atomic E-state index is -3.20. The molecule has 1 saturated heterocycles. The molecule has 3 aromatic carbocycles. The Morgan fingerprint density at radius 3 is 2.53 bits per heavy atom. The molecule has 0 aliphatic carbocycles. The first-order valence-electron chi connectivity index (χ1n) is 10.8. The Labute approximate surface area is 187 Å². The van der Waals surface area contributed by atoms with Gasteiger partial charge < -0.3 is 9.64 Å². The second-order valence-electron chi connectivity index (χ2n) is 8.11. The molecule has 3 aromatic rings. The van der Waals surface area contributed by atoms with Crippen LogP contribution in [0.15, 0.2) is 66.7 Å². The largest absolute Gasteiger partial charge is 0.478 e. The Balaban J connectivity index is 1.67. The molecule has 0 N–H and O–H groups in total. The van der Waals surface area contributed by atoms with Crippen molar-refractivity contribution in [1.29, 1.82) is 0 Å². The van der Waals surface area contributed by atoms with E-state index in [2.05, 4.69) is 0 Å². The van der Waals surface area contributed by atoms with Crippen LogP contribution in [-0.2, 0) is 21.2 Å². The number of hydrogen-bond donors (Lipinski definition) is 0. The molecule has 0 spiro atoms. The van der Waals surface area contributed by atoms with Gasteiger partial charge in [-0.15, -0.1) is 0 Å². The summed E-state index contributed by atoms with van der Waals surface area (Å²) in [7, 11) is -3.20. The zero-order chi connectivity index (χ0) is 22.7. The Kier molecular flexibility index (Phi) is 6.46. The number of halogens is 1. The standard InChI is InChI=1S/C25H26FNO4S/c1-2-23(31-24-13-6-5-12-22(24)26)25(28)27(20-14-15-32(29,30)17-20)16-19-10-7-9-18-8-3-4-11-21(18)19/h3-13,20,23H,2,14-17H2,1H3/t20-,23-/m0/s1. The molecule has 0 saturated carbocycles. The Hall–Kier alpha value is -2.93. The maximum Gasteiger partial charge on any atom is 0.264 e. The highest BCUT2D eigenvalue weighted by Crippen LogP contribution is 2.27. The van der Waals surface area contributed by atoms with E-state index in [9.17, 15) is 17.6 Å². The zero-order valence-corrected chi connectivity index (χ0v) is 18.7. The predicted molar refractivity (Wildman–Crippen MR) is 123 cm³/mol. The molecule has 1 aliphatic heterocycles. The van der Waals surface area contributed by atoms with Crippen LogP contribution in [0.4, 0.5) is 4.39 Å². The number of nitrogens with zero attached hydrogens (tertiary/aromatic N) is 1. The van der Waals surface area contributed by atoms with Crippen molar-refractivity contribution in [1.82, 2.24) is 4.90 Å². The number of hydrogen-bond acceptors (Lipinski definition) is 4. The fourth-order valence-electron chi connectivity index (χ4n) is 4.21. The average Bonchev–Trinajstić information content (AvgIpc) is 3.15. The van der Waals surface area contributed by atoms with Gasteiger partial charge in [-0.05, 0) is 41.3 Å². The third-order valence-electron chi connectivity index (χ3n) is 5.90. The van der Waals surface area contributed by atoms with Gasteiger partial charge >= 0.3 is 0 Å². The van der Waals surface area contributed by atoms with E-state index in [1.54, 1.807) is 24.0 Å². The quantitative estimate of drug-likeness (QED) is 0.531. The molecule has 168 valence electrons. The summed E-state index contributed by atoms with van der Waals surface area (Å²) >= 11 is 0. The van der Waals surface area contributed by atoms with Gasteiger partial charge in [0.15, 0.2) is 27.5 Å². The number of ether oxygens (including phenoxy) is 1. The van der Waals surface area contributed by atoms with E-state index in [1.165, 1.54) is 12.1 Å². The molecular formula is C25H26FNO4S. The van der Waals surface area contributed by atoms with Gasteiger partial charge in [0, 0.05) is 12.6 Å². The lowest BCUT2D eigenvalue weighted by Gasteiger charge is -2.32. The zero-order valence-electron chi connectivity index (χ0n) is 17.9. The SMILES string of the molecule is CC[C@H](Oc1ccccc1F)C(=O)N(Cc1cccc2ccccc12)[C@H]1CCS(=O)(=O)C1. The summed E-state index contributed by atoms with van der Waals surface area (Å²) in [5.41, 5.74) is 0.932. The van der Waals surface area contributed by atoms with Gasteiger partial charge in [-0.3, -0.25) is 4.79 Å². The lowest BCUT2D eigenvalue weighted by atomic mass is 10.0. The normalized spacial score (nSPS) is 18.4. The van der Waals surface area contributed by atoms with Crippen LogP contribution in [0.5, 0.6) is 5.75 Å². The van der Waals surface area contributed by atoms with Crippen molar-refractivity contribution in [2.45, 2.75) is 38.5 Å². The van der Waals surface area contributed by atoms with E-state index in [1.807, 2.05) is 42.5 Å². The molecule has 0 unspecified atom stereocenters. The summed E-state index contributed by atoms with van der Waals surface area (Å²) in [6.45, 7) is 2.06. The first kappa shape index (κ1) is 22.3. The molecule has 1 fully saturated rings. The molecular weight excluding hydrogens is 429 g/mol. The average molecular weight is 456 g/mol. The number of amides is 1. The minimum absolute atomic E-state index is 0.0110. The fourth-order valence-corrected chi connectivity index (χ4v) is 5.94. The smallest absolute Gasteiger partial charge is 0.264 e. The molecule has 4 rings (SSSR count). The van der Waals surface area contributed by atoms with Crippen LogP contribution < -0.4 is 4.74 Å². The molecule has 7 heteroatoms. The van der Waals surface area contributed by atoms with E-state index in [0.717, 1.165) is 16.3 Å². The number of para-hydroxylation sites is 1. The van der Waals surface area contributed by atoms with Crippen LogP contribution in [-0.4, -0.2) is 42.9 Å². The maximum atomic E-state index is 14.1. The van der Waals surface area contributed by atoms with Gasteiger partial charge in [-0.2, -0.15) is 0 Å². The monoisotopic (exact) mass is 455 g/mol. The van der Waals surface area contributed by atoms with Crippen molar-refractivity contribution in [2.24, 2.45) is 0 Å². The van der Waals surface area contributed by atoms with E-state index in [4.69, 9.17) is 4.74 Å². The molecule has 0 radical (unpaired) electrons. The van der Waals surface area contributed by atoms with Crippen molar-refractivity contribution in [3.63, 3.8) is 0 Å². The van der Waals surface area contributed by atoms with Crippen LogP contribution in [0.2, 0.25) is 0 Å². The molecule has 1 amide bonds. The van der Waals surface area contributed by atoms with Gasteiger partial charge in [0.05, 0.1) is 11.5 Å². The van der Waals surface area contributed by atoms with E-state index in [0.29, 0.717) is 12.8 Å². The van der Waals surface area contributed by atoms with Crippen LogP contribution in [0, 0.1) is 5.82 Å². The second kappa shape index (κ2) is 9.28. The Morgan fingerprint density at radius 1 is 1.09 bits per heavy atom. The number of benzene rings is 3. The second-order valence-corrected chi connectivity index (χ2v) is 10.3. The fraction of sp³-hybridized carbons (Fsp3) is 0.320. The van der Waals surface area contributed by atoms with Crippen LogP contribution in [0.25, 0.3) is 10.8 Å². The van der Waals surface area contributed by atoms with Gasteiger partial charge in [0.25, 0.3) is 5.91 Å². The first-order valence-corrected chi connectivity index (χ1v) is 12.6. The highest BCUT2D eigenvalue weighted by atomic mass is 32.2. The molecule has 0 bridgehead atoms. The summed E-state index contributed by atoms with van der Waals surface area (Å²) in [5.74, 6) is -0.868. The van der Waals surface area contributed by atoms with Crippen LogP contribution in [0.3, 0.4) is 0 Å². The highest BCUT2D eigenvalue weighted by Gasteiger charge is 2.37. The summed E-state index contributed by atoms with van der Waals surface area (Å²) in [6.07, 6.45) is -0.196. The van der Waals surface area contributed by atoms with Crippen molar-refractivity contribution in [3.05, 3.63) is 78.1 Å². The van der Waals surface area contributed by atoms with Crippen molar-refractivity contribution >= 4 is 26.5 Å². The molecule has 1 aliphatic rings. The number of carbonyl (C=O) groups excluding carboxylic acids is 1. The van der Waals surface area contributed by atoms with Crippen LogP contribution in [0.1, 0.15) is 25.3 Å². The third kappa shape index (κ3) is 4.78. The number of sulfone groups is 1. The molecule has 32 heavy (non-hydrogen) atoms. The number of carbonyl (C=O) groups is 1. The van der Waals surface area contributed by atoms with Crippen molar-refractivity contribution in [2.75, 3.05) is 11.5 Å². The topological polar surface area (TPSA) is 63.7 Å². The lowest BCUT2D eigenvalue weighted by Crippen LogP contribution is -2.47. The summed E-state index contributed by atoms with van der Waals surface area (Å²) in [4.78, 5) is 15.2. The van der Waals surface area contributed by atoms with E-state index >= 15 is 0 Å². The summed E-state index contributed by atoms with van der Waals surface area (Å²) in [5, 5.41) is 2.06. The predicted octanol–water partition coefficient (Wildman–Crippen LogP) is 4.35. The number of rotatable bonds is 7. The lowest BCUT2D eigenvalue weighted by molar-refractivity contribution is -0.141. The highest BCUT2D eigenvalue weighted by molar-refractivity contribution is 7.91.